The molecule has 0 bridgehead atoms. The fraction of sp³-hybridized carbons (Fsp3) is 0.250. The SMILES string of the molecule is C=CCCCNS(=O)(=O)c1cccc(F)c1C#N. The van der Waals surface area contributed by atoms with Crippen molar-refractivity contribution >= 4 is 10.0 Å². The molecular formula is C12H13FN2O2S. The predicted molar refractivity (Wildman–Crippen MR) is 65.7 cm³/mol. The molecule has 0 saturated heterocycles. The largest absolute Gasteiger partial charge is 0.241 e. The Kier molecular flexibility index (Phi) is 5.01. The zero-order chi connectivity index (χ0) is 13.6. The Morgan fingerprint density at radius 3 is 2.83 bits per heavy atom. The van der Waals surface area contributed by atoms with E-state index in [1.54, 1.807) is 12.1 Å². The molecule has 0 fully saturated rings. The minimum Gasteiger partial charge on any atom is -0.211 e. The Bertz CT molecular complexity index is 576. The van der Waals surface area contributed by atoms with Gasteiger partial charge in [-0.15, -0.1) is 6.58 Å². The summed E-state index contributed by atoms with van der Waals surface area (Å²) in [5.74, 6) is -0.841. The molecule has 0 spiro atoms. The fourth-order valence-corrected chi connectivity index (χ4v) is 2.61. The van der Waals surface area contributed by atoms with Gasteiger partial charge in [0.05, 0.1) is 0 Å². The van der Waals surface area contributed by atoms with Crippen LogP contribution >= 0.6 is 0 Å². The summed E-state index contributed by atoms with van der Waals surface area (Å²) in [5, 5.41) is 8.78. The van der Waals surface area contributed by atoms with Crippen LogP contribution in [-0.2, 0) is 10.0 Å². The molecule has 0 saturated carbocycles. The van der Waals surface area contributed by atoms with Gasteiger partial charge < -0.3 is 0 Å². The van der Waals surface area contributed by atoms with Crippen molar-refractivity contribution in [1.82, 2.24) is 4.72 Å². The van der Waals surface area contributed by atoms with Crippen LogP contribution in [0.25, 0.3) is 0 Å². The number of benzene rings is 1. The van der Waals surface area contributed by atoms with Gasteiger partial charge in [-0.3, -0.25) is 0 Å². The molecule has 1 aromatic carbocycles. The van der Waals surface area contributed by atoms with Crippen LogP contribution in [0.15, 0.2) is 35.7 Å². The van der Waals surface area contributed by atoms with E-state index in [1.807, 2.05) is 0 Å². The monoisotopic (exact) mass is 268 g/mol. The number of nitrogens with zero attached hydrogens (tertiary/aromatic N) is 1. The molecule has 1 N–H and O–H groups in total. The summed E-state index contributed by atoms with van der Waals surface area (Å²) in [4.78, 5) is -0.330. The molecule has 0 radical (unpaired) electrons. The highest BCUT2D eigenvalue weighted by Gasteiger charge is 2.20. The molecule has 0 aliphatic carbocycles. The second kappa shape index (κ2) is 6.28. The molecule has 0 aromatic heterocycles. The lowest BCUT2D eigenvalue weighted by Crippen LogP contribution is -2.25. The number of allylic oxidation sites excluding steroid dienone is 1. The number of hydrogen-bond acceptors (Lipinski definition) is 3. The Morgan fingerprint density at radius 1 is 1.50 bits per heavy atom. The maximum absolute atomic E-state index is 13.3. The molecule has 0 atom stereocenters. The molecule has 0 heterocycles. The highest BCUT2D eigenvalue weighted by molar-refractivity contribution is 7.89. The van der Waals surface area contributed by atoms with Crippen molar-refractivity contribution < 1.29 is 12.8 Å². The predicted octanol–water partition coefficient (Wildman–Crippen LogP) is 1.94. The molecule has 1 aromatic rings. The molecule has 18 heavy (non-hydrogen) atoms. The van der Waals surface area contributed by atoms with Crippen molar-refractivity contribution in [2.75, 3.05) is 6.54 Å². The third-order valence-corrected chi connectivity index (χ3v) is 3.76. The van der Waals surface area contributed by atoms with E-state index in [9.17, 15) is 12.8 Å². The standard InChI is InChI=1S/C12H13FN2O2S/c1-2-3-4-8-15-18(16,17)12-7-5-6-11(13)10(12)9-14/h2,5-7,15H,1,3-4,8H2. The maximum atomic E-state index is 13.3. The van der Waals surface area contributed by atoms with E-state index in [-0.39, 0.29) is 11.4 Å². The molecule has 1 rings (SSSR count). The number of rotatable bonds is 6. The van der Waals surface area contributed by atoms with E-state index in [1.165, 1.54) is 12.1 Å². The number of hydrogen-bond donors (Lipinski definition) is 1. The molecule has 6 heteroatoms. The number of sulfonamides is 1. The van der Waals surface area contributed by atoms with Gasteiger partial charge in [-0.2, -0.15) is 5.26 Å². The normalized spacial score (nSPS) is 10.9. The number of nitrogens with one attached hydrogen (secondary N) is 1. The van der Waals surface area contributed by atoms with Gasteiger partial charge in [-0.25, -0.2) is 17.5 Å². The van der Waals surface area contributed by atoms with Crippen LogP contribution < -0.4 is 4.72 Å². The average Bonchev–Trinajstić information content (AvgIpc) is 2.34. The van der Waals surface area contributed by atoms with Crippen molar-refractivity contribution in [2.24, 2.45) is 0 Å². The first-order valence-corrected chi connectivity index (χ1v) is 6.80. The van der Waals surface area contributed by atoms with Gasteiger partial charge in [-0.05, 0) is 25.0 Å². The lowest BCUT2D eigenvalue weighted by Gasteiger charge is -2.07. The van der Waals surface area contributed by atoms with Crippen molar-refractivity contribution in [3.8, 4) is 6.07 Å². The highest BCUT2D eigenvalue weighted by atomic mass is 32.2. The van der Waals surface area contributed by atoms with Crippen LogP contribution in [0.2, 0.25) is 0 Å². The van der Waals surface area contributed by atoms with Crippen molar-refractivity contribution in [1.29, 1.82) is 5.26 Å². The maximum Gasteiger partial charge on any atom is 0.241 e. The van der Waals surface area contributed by atoms with Gasteiger partial charge in [0.2, 0.25) is 10.0 Å². The van der Waals surface area contributed by atoms with Crippen LogP contribution in [0, 0.1) is 17.1 Å². The number of unbranched alkanes of at least 4 members (excludes halogenated alkanes) is 1. The van der Waals surface area contributed by atoms with Crippen molar-refractivity contribution in [3.05, 3.63) is 42.2 Å². The fourth-order valence-electron chi connectivity index (χ4n) is 1.37. The minimum absolute atomic E-state index is 0.218. The third kappa shape index (κ3) is 3.39. The van der Waals surface area contributed by atoms with Crippen LogP contribution in [0.3, 0.4) is 0 Å². The van der Waals surface area contributed by atoms with E-state index >= 15 is 0 Å². The lowest BCUT2D eigenvalue weighted by atomic mass is 10.2. The van der Waals surface area contributed by atoms with E-state index < -0.39 is 21.4 Å². The van der Waals surface area contributed by atoms with Crippen molar-refractivity contribution in [3.63, 3.8) is 0 Å². The third-order valence-electron chi connectivity index (χ3n) is 2.25. The Hall–Kier alpha value is -1.71. The van der Waals surface area contributed by atoms with Gasteiger partial charge in [0.15, 0.2) is 0 Å². The summed E-state index contributed by atoms with van der Waals surface area (Å²) < 4.78 is 39.4. The quantitative estimate of drug-likeness (QED) is 0.633. The van der Waals surface area contributed by atoms with Crippen LogP contribution in [0.5, 0.6) is 0 Å². The van der Waals surface area contributed by atoms with Crippen LogP contribution in [-0.4, -0.2) is 15.0 Å². The number of nitriles is 1. The van der Waals surface area contributed by atoms with E-state index in [0.29, 0.717) is 12.8 Å². The molecule has 0 aliphatic heterocycles. The highest BCUT2D eigenvalue weighted by Crippen LogP contribution is 2.17. The van der Waals surface area contributed by atoms with Gasteiger partial charge in [0.25, 0.3) is 0 Å². The summed E-state index contributed by atoms with van der Waals surface area (Å²) in [6, 6.07) is 5.08. The first-order chi connectivity index (χ1) is 8.53. The smallest absolute Gasteiger partial charge is 0.211 e. The summed E-state index contributed by atoms with van der Waals surface area (Å²) in [5.41, 5.74) is -0.464. The molecule has 0 unspecified atom stereocenters. The summed E-state index contributed by atoms with van der Waals surface area (Å²) >= 11 is 0. The first kappa shape index (κ1) is 14.4. The molecule has 96 valence electrons. The summed E-state index contributed by atoms with van der Waals surface area (Å²) in [6.45, 7) is 3.74. The molecule has 0 amide bonds. The van der Waals surface area contributed by atoms with Gasteiger partial charge >= 0.3 is 0 Å². The topological polar surface area (TPSA) is 70.0 Å². The summed E-state index contributed by atoms with van der Waals surface area (Å²) in [6.07, 6.45) is 2.95. The second-order valence-corrected chi connectivity index (χ2v) is 5.29. The first-order valence-electron chi connectivity index (χ1n) is 5.32. The second-order valence-electron chi connectivity index (χ2n) is 3.55. The average molecular weight is 268 g/mol. The zero-order valence-corrected chi connectivity index (χ0v) is 10.5. The lowest BCUT2D eigenvalue weighted by molar-refractivity contribution is 0.574. The Morgan fingerprint density at radius 2 is 2.22 bits per heavy atom. The van der Waals surface area contributed by atoms with Crippen LogP contribution in [0.1, 0.15) is 18.4 Å². The van der Waals surface area contributed by atoms with Gasteiger partial charge in [0.1, 0.15) is 22.3 Å². The Labute approximate surface area is 106 Å². The van der Waals surface area contributed by atoms with Gasteiger partial charge in [-0.1, -0.05) is 12.1 Å². The molecule has 0 aliphatic rings. The zero-order valence-electron chi connectivity index (χ0n) is 9.69. The number of halogens is 1. The minimum atomic E-state index is -3.85. The van der Waals surface area contributed by atoms with E-state index in [2.05, 4.69) is 11.3 Å². The van der Waals surface area contributed by atoms with Gasteiger partial charge in [0, 0.05) is 6.54 Å². The van der Waals surface area contributed by atoms with Crippen LogP contribution in [0.4, 0.5) is 4.39 Å². The summed E-state index contributed by atoms with van der Waals surface area (Å²) in [7, 11) is -3.85. The van der Waals surface area contributed by atoms with E-state index in [4.69, 9.17) is 5.26 Å². The van der Waals surface area contributed by atoms with Crippen molar-refractivity contribution in [2.45, 2.75) is 17.7 Å². The Balaban J connectivity index is 2.96. The molecule has 4 nitrogen and oxygen atoms in total. The molecular weight excluding hydrogens is 255 g/mol. The van der Waals surface area contributed by atoms with E-state index in [0.717, 1.165) is 6.07 Å².